The largest absolute Gasteiger partial charge is 0.303 e. The molecule has 0 spiro atoms. The van der Waals surface area contributed by atoms with Gasteiger partial charge in [0.1, 0.15) is 0 Å². The van der Waals surface area contributed by atoms with Crippen LogP contribution in [-0.4, -0.2) is 41.9 Å². The van der Waals surface area contributed by atoms with Crippen LogP contribution in [0.5, 0.6) is 0 Å². The summed E-state index contributed by atoms with van der Waals surface area (Å²) >= 11 is 5.64. The summed E-state index contributed by atoms with van der Waals surface area (Å²) in [5.41, 5.74) is 0.461. The number of thioether (sulfide) groups is 1. The summed E-state index contributed by atoms with van der Waals surface area (Å²) in [5.74, 6) is 1.27. The first kappa shape index (κ1) is 16.8. The third kappa shape index (κ3) is 5.42. The molecule has 0 aromatic rings. The van der Waals surface area contributed by atoms with E-state index in [1.54, 1.807) is 0 Å². The number of hydrogen-bond acceptors (Lipinski definition) is 2. The summed E-state index contributed by atoms with van der Waals surface area (Å²) in [6, 6.07) is 0.698. The summed E-state index contributed by atoms with van der Waals surface area (Å²) in [6.45, 7) is 8.18. The summed E-state index contributed by atoms with van der Waals surface area (Å²) in [6.07, 6.45) is 6.00. The van der Waals surface area contributed by atoms with E-state index in [2.05, 4.69) is 54.9 Å². The second kappa shape index (κ2) is 8.82. The highest BCUT2D eigenvalue weighted by Gasteiger charge is 2.27. The highest BCUT2D eigenvalue weighted by atomic mass is 79.9. The minimum Gasteiger partial charge on any atom is -0.303 e. The molecule has 0 saturated carbocycles. The van der Waals surface area contributed by atoms with Crippen LogP contribution in [0.2, 0.25) is 0 Å². The summed E-state index contributed by atoms with van der Waals surface area (Å²) in [7, 11) is 2.27. The topological polar surface area (TPSA) is 3.24 Å². The lowest BCUT2D eigenvalue weighted by Crippen LogP contribution is -2.40. The summed E-state index contributed by atoms with van der Waals surface area (Å²) in [4.78, 5) is 2.53. The first-order chi connectivity index (χ1) is 7.55. The lowest BCUT2D eigenvalue weighted by molar-refractivity contribution is 0.149. The molecule has 0 amide bonds. The van der Waals surface area contributed by atoms with Crippen LogP contribution in [0.25, 0.3) is 0 Å². The van der Waals surface area contributed by atoms with Crippen molar-refractivity contribution >= 4 is 27.7 Å². The standard InChI is InChI=1S/C13H28BrNS/c1-6-13(7-2,10-14)11-15(4)12(3)8-9-16-5/h12H,6-11H2,1-5H3. The minimum atomic E-state index is 0.461. The number of alkyl halides is 1. The van der Waals surface area contributed by atoms with Gasteiger partial charge in [0.15, 0.2) is 0 Å². The van der Waals surface area contributed by atoms with Crippen molar-refractivity contribution in [3.05, 3.63) is 0 Å². The molecule has 1 nitrogen and oxygen atoms in total. The van der Waals surface area contributed by atoms with E-state index in [0.717, 1.165) is 5.33 Å². The fraction of sp³-hybridized carbons (Fsp3) is 1.00. The van der Waals surface area contributed by atoms with Crippen LogP contribution in [0.15, 0.2) is 0 Å². The van der Waals surface area contributed by atoms with Gasteiger partial charge in [0, 0.05) is 17.9 Å². The van der Waals surface area contributed by atoms with Gasteiger partial charge in [0.05, 0.1) is 0 Å². The number of nitrogens with zero attached hydrogens (tertiary/aromatic N) is 1. The van der Waals surface area contributed by atoms with Crippen LogP contribution in [0.1, 0.15) is 40.0 Å². The fourth-order valence-corrected chi connectivity index (χ4v) is 3.45. The molecule has 1 atom stereocenters. The molecule has 16 heavy (non-hydrogen) atoms. The lowest BCUT2D eigenvalue weighted by Gasteiger charge is -2.37. The molecule has 0 aliphatic heterocycles. The molecule has 0 bridgehead atoms. The van der Waals surface area contributed by atoms with Gasteiger partial charge in [0.25, 0.3) is 0 Å². The molecule has 98 valence electrons. The molecule has 0 N–H and O–H groups in total. The van der Waals surface area contributed by atoms with Crippen LogP contribution >= 0.6 is 27.7 Å². The Morgan fingerprint density at radius 1 is 1.31 bits per heavy atom. The Morgan fingerprint density at radius 2 is 1.88 bits per heavy atom. The Hall–Kier alpha value is 0.790. The maximum Gasteiger partial charge on any atom is 0.01000 e. The third-order valence-corrected chi connectivity index (χ3v) is 5.69. The first-order valence-corrected chi connectivity index (χ1v) is 8.82. The first-order valence-electron chi connectivity index (χ1n) is 6.30. The van der Waals surface area contributed by atoms with E-state index in [4.69, 9.17) is 0 Å². The second-order valence-corrected chi connectivity index (χ2v) is 6.43. The van der Waals surface area contributed by atoms with Gasteiger partial charge in [0.2, 0.25) is 0 Å². The van der Waals surface area contributed by atoms with E-state index < -0.39 is 0 Å². The van der Waals surface area contributed by atoms with Gasteiger partial charge in [-0.2, -0.15) is 11.8 Å². The van der Waals surface area contributed by atoms with Gasteiger partial charge in [-0.25, -0.2) is 0 Å². The van der Waals surface area contributed by atoms with Gasteiger partial charge in [-0.1, -0.05) is 29.8 Å². The van der Waals surface area contributed by atoms with Crippen LogP contribution < -0.4 is 0 Å². The number of hydrogen-bond donors (Lipinski definition) is 0. The quantitative estimate of drug-likeness (QED) is 0.585. The third-order valence-electron chi connectivity index (χ3n) is 3.86. The van der Waals surface area contributed by atoms with Crippen molar-refractivity contribution in [2.45, 2.75) is 46.1 Å². The Labute approximate surface area is 115 Å². The van der Waals surface area contributed by atoms with Gasteiger partial charge in [-0.3, -0.25) is 0 Å². The van der Waals surface area contributed by atoms with Crippen LogP contribution in [-0.2, 0) is 0 Å². The van der Waals surface area contributed by atoms with Crippen molar-refractivity contribution < 1.29 is 0 Å². The van der Waals surface area contributed by atoms with E-state index in [-0.39, 0.29) is 0 Å². The lowest BCUT2D eigenvalue weighted by atomic mass is 9.84. The smallest absolute Gasteiger partial charge is 0.01000 e. The fourth-order valence-electron chi connectivity index (χ4n) is 1.90. The van der Waals surface area contributed by atoms with Gasteiger partial charge in [-0.15, -0.1) is 0 Å². The number of halogens is 1. The van der Waals surface area contributed by atoms with E-state index in [1.807, 2.05) is 11.8 Å². The zero-order valence-electron chi connectivity index (χ0n) is 11.6. The van der Waals surface area contributed by atoms with Crippen LogP contribution in [0.3, 0.4) is 0 Å². The van der Waals surface area contributed by atoms with Crippen molar-refractivity contribution in [3.8, 4) is 0 Å². The average Bonchev–Trinajstić information content (AvgIpc) is 2.32. The van der Waals surface area contributed by atoms with Gasteiger partial charge >= 0.3 is 0 Å². The monoisotopic (exact) mass is 309 g/mol. The molecule has 0 aromatic heterocycles. The zero-order chi connectivity index (χ0) is 12.6. The molecule has 1 unspecified atom stereocenters. The van der Waals surface area contributed by atoms with E-state index in [0.29, 0.717) is 11.5 Å². The predicted molar refractivity (Wildman–Crippen MR) is 81.9 cm³/mol. The highest BCUT2D eigenvalue weighted by Crippen LogP contribution is 2.30. The van der Waals surface area contributed by atoms with Gasteiger partial charge < -0.3 is 4.90 Å². The molecular formula is C13H28BrNS. The van der Waals surface area contributed by atoms with Crippen molar-refractivity contribution in [2.24, 2.45) is 5.41 Å². The molecular weight excluding hydrogens is 282 g/mol. The Morgan fingerprint density at radius 3 is 2.25 bits per heavy atom. The molecule has 3 heteroatoms. The van der Waals surface area contributed by atoms with E-state index in [9.17, 15) is 0 Å². The van der Waals surface area contributed by atoms with Crippen molar-refractivity contribution in [1.82, 2.24) is 4.90 Å². The maximum atomic E-state index is 3.69. The van der Waals surface area contributed by atoms with E-state index in [1.165, 1.54) is 31.6 Å². The Bertz CT molecular complexity index is 163. The molecule has 0 rings (SSSR count). The average molecular weight is 310 g/mol. The highest BCUT2D eigenvalue weighted by molar-refractivity contribution is 9.09. The normalized spacial score (nSPS) is 14.4. The van der Waals surface area contributed by atoms with Crippen molar-refractivity contribution in [3.63, 3.8) is 0 Å². The molecule has 0 saturated heterocycles. The van der Waals surface area contributed by atoms with Gasteiger partial charge in [-0.05, 0) is 50.7 Å². The van der Waals surface area contributed by atoms with Crippen molar-refractivity contribution in [2.75, 3.05) is 30.9 Å². The Balaban J connectivity index is 4.22. The minimum absolute atomic E-state index is 0.461. The molecule has 0 aliphatic rings. The van der Waals surface area contributed by atoms with Crippen molar-refractivity contribution in [1.29, 1.82) is 0 Å². The number of rotatable bonds is 9. The molecule has 0 aromatic carbocycles. The molecule has 0 heterocycles. The maximum absolute atomic E-state index is 3.69. The van der Waals surface area contributed by atoms with Crippen LogP contribution in [0.4, 0.5) is 0 Å². The second-order valence-electron chi connectivity index (χ2n) is 4.89. The molecule has 0 aliphatic carbocycles. The van der Waals surface area contributed by atoms with E-state index >= 15 is 0 Å². The molecule has 0 fully saturated rings. The predicted octanol–water partition coefficient (Wildman–Crippen LogP) is 4.26. The Kier molecular flexibility index (Phi) is 9.25. The summed E-state index contributed by atoms with van der Waals surface area (Å²) < 4.78 is 0. The van der Waals surface area contributed by atoms with Crippen LogP contribution in [0, 0.1) is 5.41 Å². The molecule has 0 radical (unpaired) electrons. The zero-order valence-corrected chi connectivity index (χ0v) is 14.0. The SMILES string of the molecule is CCC(CC)(CBr)CN(C)C(C)CCSC. The summed E-state index contributed by atoms with van der Waals surface area (Å²) in [5, 5.41) is 1.12.